The van der Waals surface area contributed by atoms with Crippen molar-refractivity contribution in [1.29, 1.82) is 0 Å². The van der Waals surface area contributed by atoms with Crippen molar-refractivity contribution >= 4 is 30.6 Å². The summed E-state index contributed by atoms with van der Waals surface area (Å²) in [6, 6.07) is 4.33. The van der Waals surface area contributed by atoms with E-state index in [1.807, 2.05) is 14.1 Å². The van der Waals surface area contributed by atoms with Gasteiger partial charge >= 0.3 is 0 Å². The molecule has 5 heteroatoms. The van der Waals surface area contributed by atoms with E-state index >= 15 is 0 Å². The molecule has 1 aromatic heterocycles. The lowest BCUT2D eigenvalue weighted by molar-refractivity contribution is 0.636. The Labute approximate surface area is 116 Å². The number of rotatable bonds is 1. The molecule has 0 bridgehead atoms. The third-order valence-electron chi connectivity index (χ3n) is 2.94. The van der Waals surface area contributed by atoms with Crippen LogP contribution in [-0.4, -0.2) is 32.2 Å². The van der Waals surface area contributed by atoms with E-state index in [9.17, 15) is 0 Å². The first-order valence-electron chi connectivity index (χ1n) is 5.56. The van der Waals surface area contributed by atoms with E-state index in [0.29, 0.717) is 5.92 Å². The number of pyridine rings is 1. The second-order valence-corrected chi connectivity index (χ2v) is 4.46. The fraction of sp³-hybridized carbons (Fsp3) is 0.583. The van der Waals surface area contributed by atoms with Crippen LogP contribution in [0.25, 0.3) is 0 Å². The minimum absolute atomic E-state index is 0. The molecule has 2 heterocycles. The van der Waals surface area contributed by atoms with E-state index in [2.05, 4.69) is 29.3 Å². The fourth-order valence-electron chi connectivity index (χ4n) is 2.02. The molecule has 1 N–H and O–H groups in total. The highest BCUT2D eigenvalue weighted by molar-refractivity contribution is 5.85. The molecule has 98 valence electrons. The van der Waals surface area contributed by atoms with E-state index in [4.69, 9.17) is 4.98 Å². The second-order valence-electron chi connectivity index (χ2n) is 4.46. The van der Waals surface area contributed by atoms with Crippen LogP contribution in [0.1, 0.15) is 24.1 Å². The molecule has 1 unspecified atom stereocenters. The van der Waals surface area contributed by atoms with Gasteiger partial charge in [0.25, 0.3) is 0 Å². The summed E-state index contributed by atoms with van der Waals surface area (Å²) in [5, 5.41) is 3.44. The first-order valence-corrected chi connectivity index (χ1v) is 5.56. The summed E-state index contributed by atoms with van der Waals surface area (Å²) >= 11 is 0. The number of nitrogens with zero attached hydrogens (tertiary/aromatic N) is 2. The van der Waals surface area contributed by atoms with Crippen molar-refractivity contribution in [2.75, 3.05) is 32.1 Å². The number of hydrogen-bond donors (Lipinski definition) is 1. The lowest BCUT2D eigenvalue weighted by Crippen LogP contribution is -2.19. The van der Waals surface area contributed by atoms with E-state index in [1.165, 1.54) is 11.3 Å². The summed E-state index contributed by atoms with van der Waals surface area (Å²) in [6.45, 7) is 4.35. The van der Waals surface area contributed by atoms with Gasteiger partial charge in [0.15, 0.2) is 0 Å². The predicted molar refractivity (Wildman–Crippen MR) is 78.0 cm³/mol. The number of hydrogen-bond acceptors (Lipinski definition) is 3. The van der Waals surface area contributed by atoms with Gasteiger partial charge in [0, 0.05) is 26.6 Å². The average molecular weight is 278 g/mol. The van der Waals surface area contributed by atoms with Gasteiger partial charge in [0.2, 0.25) is 0 Å². The molecule has 17 heavy (non-hydrogen) atoms. The van der Waals surface area contributed by atoms with Gasteiger partial charge in [-0.1, -0.05) is 13.0 Å². The van der Waals surface area contributed by atoms with Crippen molar-refractivity contribution in [2.45, 2.75) is 19.3 Å². The highest BCUT2D eigenvalue weighted by Gasteiger charge is 2.16. The highest BCUT2D eigenvalue weighted by Crippen LogP contribution is 2.22. The summed E-state index contributed by atoms with van der Waals surface area (Å²) < 4.78 is 0. The van der Waals surface area contributed by atoms with Crippen molar-refractivity contribution in [1.82, 2.24) is 10.3 Å². The molecule has 0 radical (unpaired) electrons. The van der Waals surface area contributed by atoms with Crippen molar-refractivity contribution in [2.24, 2.45) is 0 Å². The Morgan fingerprint density at radius 3 is 2.65 bits per heavy atom. The topological polar surface area (TPSA) is 28.2 Å². The molecule has 0 saturated carbocycles. The molecule has 1 aliphatic rings. The van der Waals surface area contributed by atoms with Gasteiger partial charge in [-0.15, -0.1) is 24.8 Å². The van der Waals surface area contributed by atoms with E-state index < -0.39 is 0 Å². The van der Waals surface area contributed by atoms with Crippen LogP contribution in [0.15, 0.2) is 12.1 Å². The molecule has 1 atom stereocenters. The summed E-state index contributed by atoms with van der Waals surface area (Å²) in [5.74, 6) is 1.57. The lowest BCUT2D eigenvalue weighted by atomic mass is 10.0. The predicted octanol–water partition coefficient (Wildman–Crippen LogP) is 2.24. The van der Waals surface area contributed by atoms with Crippen molar-refractivity contribution in [3.63, 3.8) is 0 Å². The van der Waals surface area contributed by atoms with Crippen LogP contribution in [0.2, 0.25) is 0 Å². The largest absolute Gasteiger partial charge is 0.363 e. The summed E-state index contributed by atoms with van der Waals surface area (Å²) in [6.07, 6.45) is 1.10. The van der Waals surface area contributed by atoms with Crippen molar-refractivity contribution < 1.29 is 0 Å². The minimum atomic E-state index is 0. The average Bonchev–Trinajstić information content (AvgIpc) is 2.40. The maximum Gasteiger partial charge on any atom is 0.128 e. The van der Waals surface area contributed by atoms with Gasteiger partial charge < -0.3 is 10.2 Å². The zero-order chi connectivity index (χ0) is 10.8. The van der Waals surface area contributed by atoms with Crippen molar-refractivity contribution in [3.05, 3.63) is 23.4 Å². The Balaban J connectivity index is 0.00000128. The van der Waals surface area contributed by atoms with Gasteiger partial charge in [-0.05, 0) is 24.6 Å². The van der Waals surface area contributed by atoms with E-state index in [1.54, 1.807) is 0 Å². The molecule has 0 amide bonds. The number of aromatic nitrogens is 1. The van der Waals surface area contributed by atoms with Gasteiger partial charge in [-0.2, -0.15) is 0 Å². The lowest BCUT2D eigenvalue weighted by Gasteiger charge is -2.16. The normalized spacial score (nSPS) is 18.2. The molecule has 0 fully saturated rings. The Morgan fingerprint density at radius 1 is 1.29 bits per heavy atom. The Bertz CT molecular complexity index is 356. The Kier molecular flexibility index (Phi) is 6.83. The standard InChI is InChI=1S/C12H19N3.2ClH/c1-9-8-13-7-6-10-4-5-11(15(2)3)14-12(9)10;;/h4-5,9,13H,6-8H2,1-3H3;2*1H. The summed E-state index contributed by atoms with van der Waals surface area (Å²) in [5.41, 5.74) is 2.67. The molecular formula is C12H21Cl2N3. The molecule has 2 rings (SSSR count). The van der Waals surface area contributed by atoms with Gasteiger partial charge in [0.05, 0.1) is 5.69 Å². The summed E-state index contributed by atoms with van der Waals surface area (Å²) in [4.78, 5) is 6.80. The molecule has 0 aliphatic carbocycles. The quantitative estimate of drug-likeness (QED) is 0.854. The van der Waals surface area contributed by atoms with Crippen LogP contribution in [-0.2, 0) is 6.42 Å². The molecule has 0 aromatic carbocycles. The Morgan fingerprint density at radius 2 is 2.00 bits per heavy atom. The molecule has 0 saturated heterocycles. The third-order valence-corrected chi connectivity index (χ3v) is 2.94. The summed E-state index contributed by atoms with van der Waals surface area (Å²) in [7, 11) is 4.07. The molecule has 3 nitrogen and oxygen atoms in total. The van der Waals surface area contributed by atoms with Crippen LogP contribution in [0, 0.1) is 0 Å². The van der Waals surface area contributed by atoms with Gasteiger partial charge in [-0.25, -0.2) is 4.98 Å². The molecule has 1 aromatic rings. The van der Waals surface area contributed by atoms with Crippen LogP contribution in [0.3, 0.4) is 0 Å². The SMILES string of the molecule is CC1CNCCc2ccc(N(C)C)nc21.Cl.Cl. The van der Waals surface area contributed by atoms with Crippen LogP contribution in [0.4, 0.5) is 5.82 Å². The van der Waals surface area contributed by atoms with Gasteiger partial charge in [0.1, 0.15) is 5.82 Å². The van der Waals surface area contributed by atoms with Crippen LogP contribution in [0.5, 0.6) is 0 Å². The maximum absolute atomic E-state index is 4.74. The van der Waals surface area contributed by atoms with E-state index in [-0.39, 0.29) is 24.8 Å². The van der Waals surface area contributed by atoms with Crippen LogP contribution < -0.4 is 10.2 Å². The zero-order valence-electron chi connectivity index (χ0n) is 10.6. The third kappa shape index (κ3) is 3.73. The fourth-order valence-corrected chi connectivity index (χ4v) is 2.02. The first-order chi connectivity index (χ1) is 7.18. The van der Waals surface area contributed by atoms with Crippen LogP contribution >= 0.6 is 24.8 Å². The second kappa shape index (κ2) is 7.04. The number of nitrogens with one attached hydrogen (secondary N) is 1. The first kappa shape index (κ1) is 16.5. The van der Waals surface area contributed by atoms with E-state index in [0.717, 1.165) is 25.3 Å². The molecular weight excluding hydrogens is 257 g/mol. The Hall–Kier alpha value is -0.510. The molecule has 1 aliphatic heterocycles. The minimum Gasteiger partial charge on any atom is -0.363 e. The number of anilines is 1. The van der Waals surface area contributed by atoms with Crippen molar-refractivity contribution in [3.8, 4) is 0 Å². The monoisotopic (exact) mass is 277 g/mol. The smallest absolute Gasteiger partial charge is 0.128 e. The van der Waals surface area contributed by atoms with Gasteiger partial charge in [-0.3, -0.25) is 0 Å². The number of halogens is 2. The highest BCUT2D eigenvalue weighted by atomic mass is 35.5. The zero-order valence-corrected chi connectivity index (χ0v) is 12.2. The maximum atomic E-state index is 4.74. The molecule has 0 spiro atoms. The number of fused-ring (bicyclic) bond motifs is 1.